The molecule has 2 rings (SSSR count). The third kappa shape index (κ3) is 7.60. The summed E-state index contributed by atoms with van der Waals surface area (Å²) in [7, 11) is 1.28. The van der Waals surface area contributed by atoms with Crippen LogP contribution in [-0.4, -0.2) is 42.9 Å². The average Bonchev–Trinajstić information content (AvgIpc) is 2.81. The van der Waals surface area contributed by atoms with Crippen molar-refractivity contribution < 1.29 is 33.5 Å². The summed E-state index contributed by atoms with van der Waals surface area (Å²) >= 11 is 0. The van der Waals surface area contributed by atoms with Crippen LogP contribution in [0, 0.1) is 17.0 Å². The number of benzene rings is 2. The van der Waals surface area contributed by atoms with E-state index in [1.54, 1.807) is 31.2 Å². The standard InChI is InChI=1S/C23H26N2O8/c1-4-11-32-17-7-5-16(6-8-17)20(26)9-10-23(28)33-14-22(27)24-18-13-21(31-3)19(25(29)30)12-15(18)2/h5-8,12-13H,4,9-11,14H2,1-3H3,(H,24,27). The van der Waals surface area contributed by atoms with Crippen molar-refractivity contribution in [3.63, 3.8) is 0 Å². The van der Waals surface area contributed by atoms with E-state index >= 15 is 0 Å². The molecule has 10 nitrogen and oxygen atoms in total. The normalized spacial score (nSPS) is 10.3. The Labute approximate surface area is 191 Å². The van der Waals surface area contributed by atoms with Gasteiger partial charge in [0.2, 0.25) is 0 Å². The lowest BCUT2D eigenvalue weighted by Gasteiger charge is -2.11. The van der Waals surface area contributed by atoms with E-state index in [2.05, 4.69) is 5.32 Å². The van der Waals surface area contributed by atoms with Crippen LogP contribution in [0.1, 0.15) is 42.1 Å². The van der Waals surface area contributed by atoms with Crippen molar-refractivity contribution in [3.8, 4) is 11.5 Å². The number of rotatable bonds is 12. The zero-order valence-electron chi connectivity index (χ0n) is 18.7. The third-order valence-electron chi connectivity index (χ3n) is 4.57. The monoisotopic (exact) mass is 458 g/mol. The average molecular weight is 458 g/mol. The maximum absolute atomic E-state index is 12.2. The molecule has 0 saturated heterocycles. The molecule has 2 aromatic carbocycles. The molecule has 0 bridgehead atoms. The van der Waals surface area contributed by atoms with E-state index in [0.717, 1.165) is 6.42 Å². The van der Waals surface area contributed by atoms with Gasteiger partial charge in [-0.3, -0.25) is 24.5 Å². The van der Waals surface area contributed by atoms with Crippen molar-refractivity contribution in [1.29, 1.82) is 0 Å². The van der Waals surface area contributed by atoms with Crippen LogP contribution in [0.15, 0.2) is 36.4 Å². The van der Waals surface area contributed by atoms with Gasteiger partial charge in [0.25, 0.3) is 5.91 Å². The highest BCUT2D eigenvalue weighted by Crippen LogP contribution is 2.32. The van der Waals surface area contributed by atoms with Crippen LogP contribution in [0.4, 0.5) is 11.4 Å². The molecule has 0 atom stereocenters. The molecule has 0 unspecified atom stereocenters. The van der Waals surface area contributed by atoms with Gasteiger partial charge in [-0.25, -0.2) is 0 Å². The maximum atomic E-state index is 12.2. The van der Waals surface area contributed by atoms with Crippen LogP contribution in [-0.2, 0) is 14.3 Å². The number of aryl methyl sites for hydroxylation is 1. The Morgan fingerprint density at radius 3 is 2.39 bits per heavy atom. The predicted octanol–water partition coefficient (Wildman–Crippen LogP) is 3.85. The molecule has 0 saturated carbocycles. The molecule has 1 N–H and O–H groups in total. The minimum atomic E-state index is -0.695. The Morgan fingerprint density at radius 2 is 1.79 bits per heavy atom. The minimum Gasteiger partial charge on any atom is -0.494 e. The fourth-order valence-corrected chi connectivity index (χ4v) is 2.84. The maximum Gasteiger partial charge on any atom is 0.311 e. The second-order valence-corrected chi connectivity index (χ2v) is 7.10. The Hall–Kier alpha value is -3.95. The smallest absolute Gasteiger partial charge is 0.311 e. The second kappa shape index (κ2) is 12.2. The summed E-state index contributed by atoms with van der Waals surface area (Å²) in [6.07, 6.45) is 0.640. The number of esters is 1. The van der Waals surface area contributed by atoms with Crippen LogP contribution < -0.4 is 14.8 Å². The number of Topliss-reactive ketones (excluding diaryl/α,β-unsaturated/α-hetero) is 1. The first-order valence-corrected chi connectivity index (χ1v) is 10.3. The number of nitro groups is 1. The number of carbonyl (C=O) groups excluding carboxylic acids is 3. The summed E-state index contributed by atoms with van der Waals surface area (Å²) < 4.78 is 15.4. The second-order valence-electron chi connectivity index (χ2n) is 7.10. The first kappa shape index (κ1) is 25.3. The van der Waals surface area contributed by atoms with E-state index in [-0.39, 0.29) is 30.1 Å². The number of ketones is 1. The Bertz CT molecular complexity index is 1020. The van der Waals surface area contributed by atoms with Gasteiger partial charge < -0.3 is 19.5 Å². The lowest BCUT2D eigenvalue weighted by atomic mass is 10.1. The van der Waals surface area contributed by atoms with Gasteiger partial charge in [-0.15, -0.1) is 0 Å². The van der Waals surface area contributed by atoms with E-state index < -0.39 is 23.4 Å². The number of hydrogen-bond donors (Lipinski definition) is 1. The SMILES string of the molecule is CCCOc1ccc(C(=O)CCC(=O)OCC(=O)Nc2cc(OC)c([N+](=O)[O-])cc2C)cc1. The molecular weight excluding hydrogens is 432 g/mol. The van der Waals surface area contributed by atoms with E-state index in [1.165, 1.54) is 19.2 Å². The summed E-state index contributed by atoms with van der Waals surface area (Å²) in [4.78, 5) is 46.7. The van der Waals surface area contributed by atoms with Gasteiger partial charge in [0.1, 0.15) is 5.75 Å². The molecule has 1 amide bonds. The number of nitro benzene ring substituents is 1. The molecule has 0 aromatic heterocycles. The van der Waals surface area contributed by atoms with E-state index in [9.17, 15) is 24.5 Å². The fourth-order valence-electron chi connectivity index (χ4n) is 2.84. The number of ether oxygens (including phenoxy) is 3. The number of amides is 1. The lowest BCUT2D eigenvalue weighted by molar-refractivity contribution is -0.385. The van der Waals surface area contributed by atoms with Crippen molar-refractivity contribution in [1.82, 2.24) is 0 Å². The van der Waals surface area contributed by atoms with Gasteiger partial charge in [0.05, 0.1) is 25.1 Å². The molecule has 10 heteroatoms. The lowest BCUT2D eigenvalue weighted by Crippen LogP contribution is -2.21. The van der Waals surface area contributed by atoms with E-state index in [1.807, 2.05) is 6.92 Å². The van der Waals surface area contributed by atoms with Gasteiger partial charge in [-0.05, 0) is 43.2 Å². The van der Waals surface area contributed by atoms with Gasteiger partial charge >= 0.3 is 11.7 Å². The molecule has 0 aliphatic heterocycles. The molecule has 0 aliphatic carbocycles. The molecule has 33 heavy (non-hydrogen) atoms. The molecule has 0 fully saturated rings. The molecular formula is C23H26N2O8. The first-order valence-electron chi connectivity index (χ1n) is 10.3. The van der Waals surface area contributed by atoms with Crippen LogP contribution in [0.2, 0.25) is 0 Å². The minimum absolute atomic E-state index is 0.0126. The quantitative estimate of drug-likeness (QED) is 0.219. The van der Waals surface area contributed by atoms with Gasteiger partial charge in [-0.1, -0.05) is 6.92 Å². The first-order chi connectivity index (χ1) is 15.7. The number of methoxy groups -OCH3 is 1. The Balaban J connectivity index is 1.82. The van der Waals surface area contributed by atoms with Crippen LogP contribution in [0.3, 0.4) is 0 Å². The summed E-state index contributed by atoms with van der Waals surface area (Å²) in [5, 5.41) is 13.6. The molecule has 0 heterocycles. The van der Waals surface area contributed by atoms with Crippen molar-refractivity contribution in [3.05, 3.63) is 57.6 Å². The molecule has 0 spiro atoms. The highest BCUT2D eigenvalue weighted by Gasteiger charge is 2.19. The number of hydrogen-bond acceptors (Lipinski definition) is 8. The number of nitrogens with zero attached hydrogens (tertiary/aromatic N) is 1. The van der Waals surface area contributed by atoms with Crippen molar-refractivity contribution >= 4 is 29.0 Å². The summed E-state index contributed by atoms with van der Waals surface area (Å²) in [6, 6.07) is 9.25. The predicted molar refractivity (Wildman–Crippen MR) is 120 cm³/mol. The molecule has 0 aliphatic rings. The molecule has 0 radical (unpaired) electrons. The topological polar surface area (TPSA) is 134 Å². The van der Waals surface area contributed by atoms with Crippen LogP contribution in [0.5, 0.6) is 11.5 Å². The van der Waals surface area contributed by atoms with E-state index in [0.29, 0.717) is 29.2 Å². The van der Waals surface area contributed by atoms with Crippen LogP contribution in [0.25, 0.3) is 0 Å². The fraction of sp³-hybridized carbons (Fsp3) is 0.348. The summed E-state index contributed by atoms with van der Waals surface area (Å²) in [6.45, 7) is 3.61. The Kier molecular flexibility index (Phi) is 9.34. The van der Waals surface area contributed by atoms with Crippen molar-refractivity contribution in [2.24, 2.45) is 0 Å². The summed E-state index contributed by atoms with van der Waals surface area (Å²) in [5.41, 5.74) is 0.957. The zero-order valence-corrected chi connectivity index (χ0v) is 18.7. The van der Waals surface area contributed by atoms with Crippen molar-refractivity contribution in [2.45, 2.75) is 33.1 Å². The van der Waals surface area contributed by atoms with Gasteiger partial charge in [0, 0.05) is 29.8 Å². The number of anilines is 1. The Morgan fingerprint density at radius 1 is 1.09 bits per heavy atom. The highest BCUT2D eigenvalue weighted by atomic mass is 16.6. The molecule has 2 aromatic rings. The number of nitrogens with one attached hydrogen (secondary N) is 1. The van der Waals surface area contributed by atoms with Crippen LogP contribution >= 0.6 is 0 Å². The largest absolute Gasteiger partial charge is 0.494 e. The van der Waals surface area contributed by atoms with Gasteiger partial charge in [0.15, 0.2) is 18.1 Å². The third-order valence-corrected chi connectivity index (χ3v) is 4.57. The summed E-state index contributed by atoms with van der Waals surface area (Å²) in [5.74, 6) is -0.899. The van der Waals surface area contributed by atoms with Gasteiger partial charge in [-0.2, -0.15) is 0 Å². The molecule has 176 valence electrons. The van der Waals surface area contributed by atoms with Crippen molar-refractivity contribution in [2.75, 3.05) is 25.6 Å². The van der Waals surface area contributed by atoms with E-state index in [4.69, 9.17) is 14.2 Å². The zero-order chi connectivity index (χ0) is 24.4. The number of carbonyl (C=O) groups is 3. The highest BCUT2D eigenvalue weighted by molar-refractivity contribution is 5.98.